The lowest BCUT2D eigenvalue weighted by Gasteiger charge is -2.25. The molecule has 0 spiro atoms. The van der Waals surface area contributed by atoms with Gasteiger partial charge < -0.3 is 10.1 Å². The van der Waals surface area contributed by atoms with Crippen molar-refractivity contribution in [2.75, 3.05) is 11.9 Å². The number of carbonyl (C=O) groups is 1. The number of rotatable bonds is 2. The van der Waals surface area contributed by atoms with Crippen LogP contribution in [0.1, 0.15) is 22.8 Å². The van der Waals surface area contributed by atoms with Gasteiger partial charge in [-0.25, -0.2) is 4.98 Å². The summed E-state index contributed by atoms with van der Waals surface area (Å²) < 4.78 is 5.63. The maximum absolute atomic E-state index is 12.4. The molecule has 5 heteroatoms. The fourth-order valence-electron chi connectivity index (χ4n) is 2.45. The Morgan fingerprint density at radius 2 is 2.24 bits per heavy atom. The summed E-state index contributed by atoms with van der Waals surface area (Å²) in [6, 6.07) is 9.66. The van der Waals surface area contributed by atoms with Gasteiger partial charge in [-0.1, -0.05) is 35.9 Å². The minimum absolute atomic E-state index is 0.189. The monoisotopic (exact) mass is 302 g/mol. The molecule has 1 aliphatic rings. The number of benzene rings is 1. The smallest absolute Gasteiger partial charge is 0.258 e. The number of fused-ring (bicyclic) bond motifs is 1. The van der Waals surface area contributed by atoms with Crippen molar-refractivity contribution in [1.29, 1.82) is 0 Å². The Morgan fingerprint density at radius 1 is 1.43 bits per heavy atom. The van der Waals surface area contributed by atoms with E-state index in [1.807, 2.05) is 31.2 Å². The molecule has 108 valence electrons. The second-order valence-corrected chi connectivity index (χ2v) is 5.38. The first-order valence-corrected chi connectivity index (χ1v) is 7.15. The van der Waals surface area contributed by atoms with Crippen LogP contribution in [0.4, 0.5) is 5.69 Å². The molecule has 1 amide bonds. The van der Waals surface area contributed by atoms with Gasteiger partial charge in [-0.15, -0.1) is 0 Å². The Hall–Kier alpha value is -1.91. The van der Waals surface area contributed by atoms with E-state index in [2.05, 4.69) is 10.3 Å². The molecular weight excluding hydrogens is 288 g/mol. The molecule has 0 saturated heterocycles. The third kappa shape index (κ3) is 2.91. The van der Waals surface area contributed by atoms with Crippen LogP contribution in [0, 0.1) is 6.92 Å². The molecule has 0 fully saturated rings. The van der Waals surface area contributed by atoms with Crippen molar-refractivity contribution >= 4 is 23.2 Å². The fourth-order valence-corrected chi connectivity index (χ4v) is 2.55. The topological polar surface area (TPSA) is 51.2 Å². The first-order valence-electron chi connectivity index (χ1n) is 6.77. The minimum Gasteiger partial charge on any atom is -0.363 e. The van der Waals surface area contributed by atoms with Crippen LogP contribution in [0.5, 0.6) is 0 Å². The van der Waals surface area contributed by atoms with Gasteiger partial charge in [-0.05, 0) is 36.1 Å². The lowest BCUT2D eigenvalue weighted by atomic mass is 9.97. The molecule has 3 rings (SSSR count). The Balaban J connectivity index is 1.81. The second-order valence-electron chi connectivity index (χ2n) is 5.02. The molecule has 1 aromatic heterocycles. The van der Waals surface area contributed by atoms with Crippen LogP contribution in [0.3, 0.4) is 0 Å². The average molecular weight is 303 g/mol. The number of aromatic nitrogens is 1. The van der Waals surface area contributed by atoms with Crippen LogP contribution in [-0.2, 0) is 16.0 Å². The molecule has 2 heterocycles. The molecule has 21 heavy (non-hydrogen) atoms. The number of halogens is 1. The van der Waals surface area contributed by atoms with Crippen molar-refractivity contribution in [2.45, 2.75) is 19.4 Å². The number of pyridine rings is 1. The summed E-state index contributed by atoms with van der Waals surface area (Å²) in [5.41, 5.74) is 3.53. The summed E-state index contributed by atoms with van der Waals surface area (Å²) in [5, 5.41) is 3.27. The molecule has 1 unspecified atom stereocenters. The van der Waals surface area contributed by atoms with E-state index < -0.39 is 6.10 Å². The maximum atomic E-state index is 12.4. The van der Waals surface area contributed by atoms with Crippen LogP contribution < -0.4 is 5.32 Å². The lowest BCUT2D eigenvalue weighted by molar-refractivity contribution is -0.128. The number of ether oxygens (including phenoxy) is 1. The molecule has 1 N–H and O–H groups in total. The highest BCUT2D eigenvalue weighted by Crippen LogP contribution is 2.28. The van der Waals surface area contributed by atoms with Gasteiger partial charge in [0.25, 0.3) is 5.91 Å². The summed E-state index contributed by atoms with van der Waals surface area (Å²) >= 11 is 5.88. The zero-order valence-electron chi connectivity index (χ0n) is 11.6. The van der Waals surface area contributed by atoms with Crippen molar-refractivity contribution in [2.24, 2.45) is 0 Å². The highest BCUT2D eigenvalue weighted by molar-refractivity contribution is 6.30. The molecular formula is C16H15ClN2O2. The van der Waals surface area contributed by atoms with Crippen LogP contribution in [0.2, 0.25) is 5.15 Å². The number of anilines is 1. The number of nitrogens with zero attached hydrogens (tertiary/aromatic N) is 1. The van der Waals surface area contributed by atoms with E-state index in [0.29, 0.717) is 17.4 Å². The van der Waals surface area contributed by atoms with Crippen LogP contribution in [-0.4, -0.2) is 17.5 Å². The van der Waals surface area contributed by atoms with Gasteiger partial charge in [0.15, 0.2) is 6.10 Å². The molecule has 0 saturated carbocycles. The standard InChI is InChI=1S/C16H15ClN2O2/c1-10-8-12(9-18-15(10)17)19-16(20)14-13-5-3-2-4-11(13)6-7-21-14/h2-5,8-9,14H,6-7H2,1H3,(H,19,20). The highest BCUT2D eigenvalue weighted by Gasteiger charge is 2.27. The fraction of sp³-hybridized carbons (Fsp3) is 0.250. The highest BCUT2D eigenvalue weighted by atomic mass is 35.5. The predicted molar refractivity (Wildman–Crippen MR) is 81.5 cm³/mol. The molecule has 0 bridgehead atoms. The van der Waals surface area contributed by atoms with E-state index in [1.54, 1.807) is 12.3 Å². The molecule has 0 radical (unpaired) electrons. The van der Waals surface area contributed by atoms with Gasteiger partial charge in [0.05, 0.1) is 18.5 Å². The van der Waals surface area contributed by atoms with Crippen LogP contribution >= 0.6 is 11.6 Å². The number of nitrogens with one attached hydrogen (secondary N) is 1. The van der Waals surface area contributed by atoms with Crippen molar-refractivity contribution in [3.63, 3.8) is 0 Å². The van der Waals surface area contributed by atoms with E-state index in [4.69, 9.17) is 16.3 Å². The van der Waals surface area contributed by atoms with Crippen molar-refractivity contribution in [1.82, 2.24) is 4.98 Å². The summed E-state index contributed by atoms with van der Waals surface area (Å²) in [7, 11) is 0. The van der Waals surface area contributed by atoms with Gasteiger partial charge in [-0.3, -0.25) is 4.79 Å². The van der Waals surface area contributed by atoms with E-state index in [0.717, 1.165) is 23.1 Å². The van der Waals surface area contributed by atoms with Gasteiger partial charge in [0.1, 0.15) is 5.15 Å². The summed E-state index contributed by atoms with van der Waals surface area (Å²) in [6.07, 6.45) is 1.80. The first-order chi connectivity index (χ1) is 10.1. The summed E-state index contributed by atoms with van der Waals surface area (Å²) in [4.78, 5) is 16.5. The van der Waals surface area contributed by atoms with E-state index in [-0.39, 0.29) is 5.91 Å². The Kier molecular flexibility index (Phi) is 3.90. The molecule has 1 aliphatic heterocycles. The molecule has 0 aliphatic carbocycles. The van der Waals surface area contributed by atoms with Crippen molar-refractivity contribution in [3.05, 3.63) is 58.4 Å². The second kappa shape index (κ2) is 5.84. The van der Waals surface area contributed by atoms with Crippen molar-refractivity contribution in [3.8, 4) is 0 Å². The summed E-state index contributed by atoms with van der Waals surface area (Å²) in [6.45, 7) is 2.39. The van der Waals surface area contributed by atoms with Gasteiger partial charge >= 0.3 is 0 Å². The SMILES string of the molecule is Cc1cc(NC(=O)C2OCCc3ccccc32)cnc1Cl. The largest absolute Gasteiger partial charge is 0.363 e. The molecule has 4 nitrogen and oxygen atoms in total. The molecule has 1 atom stereocenters. The Morgan fingerprint density at radius 3 is 3.05 bits per heavy atom. The third-order valence-corrected chi connectivity index (χ3v) is 3.91. The number of amides is 1. The van der Waals surface area contributed by atoms with Crippen molar-refractivity contribution < 1.29 is 9.53 Å². The predicted octanol–water partition coefficient (Wildman–Crippen LogP) is 3.30. The van der Waals surface area contributed by atoms with Crippen LogP contribution in [0.15, 0.2) is 36.5 Å². The number of hydrogen-bond acceptors (Lipinski definition) is 3. The summed E-state index contributed by atoms with van der Waals surface area (Å²) in [5.74, 6) is -0.189. The molecule has 1 aromatic carbocycles. The van der Waals surface area contributed by atoms with E-state index >= 15 is 0 Å². The lowest BCUT2D eigenvalue weighted by Crippen LogP contribution is -2.28. The van der Waals surface area contributed by atoms with E-state index in [1.165, 1.54) is 0 Å². The molecule has 2 aromatic rings. The third-order valence-electron chi connectivity index (χ3n) is 3.51. The Bertz CT molecular complexity index is 688. The number of hydrogen-bond donors (Lipinski definition) is 1. The Labute approximate surface area is 128 Å². The quantitative estimate of drug-likeness (QED) is 0.866. The maximum Gasteiger partial charge on any atom is 0.258 e. The minimum atomic E-state index is -0.578. The van der Waals surface area contributed by atoms with Crippen LogP contribution in [0.25, 0.3) is 0 Å². The number of aryl methyl sites for hydroxylation is 1. The average Bonchev–Trinajstić information content (AvgIpc) is 2.50. The van der Waals surface area contributed by atoms with Gasteiger partial charge in [0, 0.05) is 0 Å². The zero-order valence-corrected chi connectivity index (χ0v) is 12.4. The van der Waals surface area contributed by atoms with E-state index in [9.17, 15) is 4.79 Å². The van der Waals surface area contributed by atoms with Gasteiger partial charge in [-0.2, -0.15) is 0 Å². The zero-order chi connectivity index (χ0) is 14.8. The first kappa shape index (κ1) is 14.0. The van der Waals surface area contributed by atoms with Gasteiger partial charge in [0.2, 0.25) is 0 Å². The normalized spacial score (nSPS) is 17.1. The number of carbonyl (C=O) groups excluding carboxylic acids is 1.